The first-order chi connectivity index (χ1) is 13.4. The molecule has 2 amide bonds. The van der Waals surface area contributed by atoms with Crippen LogP contribution in [0.1, 0.15) is 20.7 Å². The quantitative estimate of drug-likeness (QED) is 0.577. The largest absolute Gasteiger partial charge is 0.379 e. The van der Waals surface area contributed by atoms with Crippen molar-refractivity contribution in [3.63, 3.8) is 0 Å². The van der Waals surface area contributed by atoms with Gasteiger partial charge >= 0.3 is 0 Å². The Morgan fingerprint density at radius 2 is 1.21 bits per heavy atom. The Hall–Kier alpha value is -3.62. The van der Waals surface area contributed by atoms with E-state index in [0.29, 0.717) is 0 Å². The van der Waals surface area contributed by atoms with Crippen LogP contribution in [-0.2, 0) is 9.59 Å². The minimum Gasteiger partial charge on any atom is -0.379 e. The highest BCUT2D eigenvalue weighted by molar-refractivity contribution is 6.03. The van der Waals surface area contributed by atoms with Gasteiger partial charge < -0.3 is 20.8 Å². The number of aliphatic hydroxyl groups excluding tert-OH is 2. The van der Waals surface area contributed by atoms with E-state index in [1.54, 1.807) is 0 Å². The van der Waals surface area contributed by atoms with E-state index in [0.717, 1.165) is 0 Å². The van der Waals surface area contributed by atoms with E-state index in [1.165, 1.54) is 60.7 Å². The van der Waals surface area contributed by atoms with Gasteiger partial charge in [0.15, 0.2) is 23.8 Å². The first-order valence-corrected chi connectivity index (χ1v) is 8.30. The summed E-state index contributed by atoms with van der Waals surface area (Å²) in [6, 6.07) is 5.71. The maximum atomic E-state index is 12.4. The van der Waals surface area contributed by atoms with Crippen LogP contribution in [0, 0.1) is 0 Å². The topological polar surface area (TPSA) is 133 Å². The molecule has 2 aliphatic rings. The summed E-state index contributed by atoms with van der Waals surface area (Å²) < 4.78 is 0. The van der Waals surface area contributed by atoms with Crippen molar-refractivity contribution < 1.29 is 29.4 Å². The molecule has 1 aromatic rings. The molecule has 142 valence electrons. The summed E-state index contributed by atoms with van der Waals surface area (Å²) in [4.78, 5) is 47.7. The van der Waals surface area contributed by atoms with Gasteiger partial charge in [-0.3, -0.25) is 19.2 Å². The summed E-state index contributed by atoms with van der Waals surface area (Å²) >= 11 is 0. The highest BCUT2D eigenvalue weighted by Crippen LogP contribution is 2.12. The number of ketones is 2. The highest BCUT2D eigenvalue weighted by atomic mass is 16.3. The summed E-state index contributed by atoms with van der Waals surface area (Å²) in [5.74, 6) is -2.32. The van der Waals surface area contributed by atoms with E-state index < -0.39 is 35.6 Å². The molecule has 8 nitrogen and oxygen atoms in total. The van der Waals surface area contributed by atoms with E-state index in [9.17, 15) is 29.4 Å². The molecule has 8 heteroatoms. The van der Waals surface area contributed by atoms with Crippen molar-refractivity contribution in [2.75, 3.05) is 0 Å². The molecule has 0 heterocycles. The van der Waals surface area contributed by atoms with Gasteiger partial charge in [0.25, 0.3) is 11.8 Å². The van der Waals surface area contributed by atoms with Crippen LogP contribution >= 0.6 is 0 Å². The van der Waals surface area contributed by atoms with Gasteiger partial charge in [0.1, 0.15) is 0 Å². The maximum Gasteiger partial charge on any atom is 0.255 e. The van der Waals surface area contributed by atoms with E-state index in [2.05, 4.69) is 10.6 Å². The molecule has 3 rings (SSSR count). The summed E-state index contributed by atoms with van der Waals surface area (Å²) in [7, 11) is 0. The van der Waals surface area contributed by atoms with Crippen molar-refractivity contribution in [3.05, 3.63) is 83.2 Å². The minimum atomic E-state index is -1.45. The second-order valence-corrected chi connectivity index (χ2v) is 6.06. The van der Waals surface area contributed by atoms with Gasteiger partial charge in [0.05, 0.1) is 11.4 Å². The van der Waals surface area contributed by atoms with Crippen LogP contribution in [0.3, 0.4) is 0 Å². The molecule has 0 radical (unpaired) electrons. The van der Waals surface area contributed by atoms with Crippen LogP contribution in [0.25, 0.3) is 0 Å². The third kappa shape index (κ3) is 4.03. The average Bonchev–Trinajstić information content (AvgIpc) is 2.69. The number of carbonyl (C=O) groups is 4. The standard InChI is InChI=1S/C20H16N2O6/c23-15-8-2-6-13(17(15)25)21-19(27)11-4-1-5-12(10-11)20(28)22-14-7-3-9-16(24)18(14)26/h1-10,17-18,25-26H,(H,21,27)(H,22,28). The Kier molecular flexibility index (Phi) is 5.44. The fourth-order valence-corrected chi connectivity index (χ4v) is 2.59. The zero-order chi connectivity index (χ0) is 20.3. The molecule has 2 atom stereocenters. The number of amides is 2. The molecular weight excluding hydrogens is 364 g/mol. The first kappa shape index (κ1) is 19.2. The second-order valence-electron chi connectivity index (χ2n) is 6.06. The fraction of sp³-hybridized carbons (Fsp3) is 0.100. The second kappa shape index (κ2) is 7.95. The lowest BCUT2D eigenvalue weighted by Gasteiger charge is -2.17. The first-order valence-electron chi connectivity index (χ1n) is 8.30. The zero-order valence-electron chi connectivity index (χ0n) is 14.5. The summed E-state index contributed by atoms with van der Waals surface area (Å²) in [5, 5.41) is 24.5. The van der Waals surface area contributed by atoms with Gasteiger partial charge in [-0.15, -0.1) is 0 Å². The molecule has 4 N–H and O–H groups in total. The minimum absolute atomic E-state index is 0.0353. The van der Waals surface area contributed by atoms with E-state index in [4.69, 9.17) is 0 Å². The van der Waals surface area contributed by atoms with E-state index in [-0.39, 0.29) is 22.5 Å². The zero-order valence-corrected chi connectivity index (χ0v) is 14.5. The van der Waals surface area contributed by atoms with Gasteiger partial charge in [0, 0.05) is 11.1 Å². The van der Waals surface area contributed by atoms with Crippen molar-refractivity contribution >= 4 is 23.4 Å². The van der Waals surface area contributed by atoms with Crippen molar-refractivity contribution in [2.45, 2.75) is 12.2 Å². The number of hydrogen-bond donors (Lipinski definition) is 4. The molecule has 0 saturated heterocycles. The van der Waals surface area contributed by atoms with Gasteiger partial charge in [-0.2, -0.15) is 0 Å². The number of allylic oxidation sites excluding steroid dienone is 4. The number of hydrogen-bond acceptors (Lipinski definition) is 6. The van der Waals surface area contributed by atoms with Crippen LogP contribution in [0.5, 0.6) is 0 Å². The number of carbonyl (C=O) groups excluding carboxylic acids is 4. The SMILES string of the molecule is O=C(NC1=CC=CC(=O)C1O)c1cccc(C(=O)NC2=CC=CC(=O)C2O)c1. The molecule has 0 saturated carbocycles. The van der Waals surface area contributed by atoms with Crippen LogP contribution in [0.2, 0.25) is 0 Å². The van der Waals surface area contributed by atoms with Crippen LogP contribution in [0.15, 0.2) is 72.1 Å². The summed E-state index contributed by atoms with van der Waals surface area (Å²) in [5.41, 5.74) is 0.315. The predicted molar refractivity (Wildman–Crippen MR) is 97.8 cm³/mol. The van der Waals surface area contributed by atoms with Crippen LogP contribution in [0.4, 0.5) is 0 Å². The van der Waals surface area contributed by atoms with Gasteiger partial charge in [-0.1, -0.05) is 18.2 Å². The monoisotopic (exact) mass is 380 g/mol. The molecule has 0 aromatic heterocycles. The van der Waals surface area contributed by atoms with Crippen molar-refractivity contribution in [3.8, 4) is 0 Å². The third-order valence-corrected chi connectivity index (χ3v) is 4.10. The van der Waals surface area contributed by atoms with Crippen LogP contribution < -0.4 is 10.6 Å². The normalized spacial score (nSPS) is 21.1. The molecule has 0 spiro atoms. The summed E-state index contributed by atoms with van der Waals surface area (Å²) in [6.07, 6.45) is 5.11. The number of rotatable bonds is 4. The Bertz CT molecular complexity index is 911. The number of benzene rings is 1. The molecule has 2 unspecified atom stereocenters. The lowest BCUT2D eigenvalue weighted by molar-refractivity contribution is -0.121. The molecule has 0 aliphatic heterocycles. The molecule has 1 aromatic carbocycles. The Labute approximate surface area is 159 Å². The Balaban J connectivity index is 1.73. The average molecular weight is 380 g/mol. The highest BCUT2D eigenvalue weighted by Gasteiger charge is 2.24. The Morgan fingerprint density at radius 3 is 1.64 bits per heavy atom. The number of nitrogens with one attached hydrogen (secondary N) is 2. The molecule has 28 heavy (non-hydrogen) atoms. The fourth-order valence-electron chi connectivity index (χ4n) is 2.59. The summed E-state index contributed by atoms with van der Waals surface area (Å²) in [6.45, 7) is 0. The molecule has 0 fully saturated rings. The predicted octanol–water partition coefficient (Wildman–Crippen LogP) is -0.0864. The lowest BCUT2D eigenvalue weighted by Crippen LogP contribution is -2.36. The molecular formula is C20H16N2O6. The smallest absolute Gasteiger partial charge is 0.255 e. The van der Waals surface area contributed by atoms with E-state index in [1.807, 2.05) is 0 Å². The number of aliphatic hydroxyl groups is 2. The third-order valence-electron chi connectivity index (χ3n) is 4.10. The Morgan fingerprint density at radius 1 is 0.786 bits per heavy atom. The maximum absolute atomic E-state index is 12.4. The lowest BCUT2D eigenvalue weighted by atomic mass is 10.0. The van der Waals surface area contributed by atoms with Crippen LogP contribution in [-0.4, -0.2) is 45.8 Å². The molecule has 0 bridgehead atoms. The van der Waals surface area contributed by atoms with Gasteiger partial charge in [0.2, 0.25) is 0 Å². The van der Waals surface area contributed by atoms with E-state index >= 15 is 0 Å². The van der Waals surface area contributed by atoms with Crippen molar-refractivity contribution in [2.24, 2.45) is 0 Å². The van der Waals surface area contributed by atoms with Gasteiger partial charge in [-0.25, -0.2) is 0 Å². The van der Waals surface area contributed by atoms with Crippen molar-refractivity contribution in [1.29, 1.82) is 0 Å². The van der Waals surface area contributed by atoms with Crippen molar-refractivity contribution in [1.82, 2.24) is 10.6 Å². The molecule has 2 aliphatic carbocycles. The van der Waals surface area contributed by atoms with Gasteiger partial charge in [-0.05, 0) is 42.5 Å².